The van der Waals surface area contributed by atoms with E-state index in [4.69, 9.17) is 5.73 Å². The Labute approximate surface area is 119 Å². The summed E-state index contributed by atoms with van der Waals surface area (Å²) < 4.78 is 1.06. The molecule has 3 heteroatoms. The number of ketones is 1. The van der Waals surface area contributed by atoms with Crippen LogP contribution in [0.4, 0.5) is 0 Å². The molecule has 0 amide bonds. The van der Waals surface area contributed by atoms with E-state index in [-0.39, 0.29) is 5.78 Å². The lowest BCUT2D eigenvalue weighted by molar-refractivity contribution is -0.121. The van der Waals surface area contributed by atoms with Gasteiger partial charge in [-0.05, 0) is 37.0 Å². The fourth-order valence-corrected chi connectivity index (χ4v) is 2.48. The highest BCUT2D eigenvalue weighted by molar-refractivity contribution is 9.10. The topological polar surface area (TPSA) is 43.1 Å². The van der Waals surface area contributed by atoms with E-state index in [0.717, 1.165) is 4.47 Å². The van der Waals surface area contributed by atoms with Gasteiger partial charge in [-0.15, -0.1) is 0 Å². The number of hydrogen-bond donors (Lipinski definition) is 1. The summed E-state index contributed by atoms with van der Waals surface area (Å²) in [7, 11) is 0. The third-order valence-electron chi connectivity index (χ3n) is 2.92. The first-order valence-electron chi connectivity index (χ1n) is 6.59. The number of benzene rings is 1. The number of carbonyl (C=O) groups is 1. The second-order valence-electron chi connectivity index (χ2n) is 3.94. The van der Waals surface area contributed by atoms with Crippen molar-refractivity contribution in [3.63, 3.8) is 0 Å². The van der Waals surface area contributed by atoms with Crippen molar-refractivity contribution < 1.29 is 4.79 Å². The molecule has 0 aliphatic heterocycles. The molecule has 18 heavy (non-hydrogen) atoms. The number of nitrogens with two attached hydrogens (primary N) is 1. The Kier molecular flexibility index (Phi) is 7.41. The van der Waals surface area contributed by atoms with Crippen molar-refractivity contribution in [2.75, 3.05) is 0 Å². The zero-order valence-corrected chi connectivity index (χ0v) is 13.6. The molecule has 0 saturated heterocycles. The van der Waals surface area contributed by atoms with E-state index in [9.17, 15) is 4.79 Å². The Morgan fingerprint density at radius 1 is 1.22 bits per heavy atom. The second-order valence-corrected chi connectivity index (χ2v) is 4.80. The molecular weight excluding hydrogens is 290 g/mol. The smallest absolute Gasteiger partial charge is 0.150 e. The lowest BCUT2D eigenvalue weighted by Gasteiger charge is -2.19. The minimum atomic E-state index is -0.674. The lowest BCUT2D eigenvalue weighted by Crippen LogP contribution is -2.47. The van der Waals surface area contributed by atoms with Crippen LogP contribution in [-0.4, -0.2) is 11.3 Å². The highest BCUT2D eigenvalue weighted by atomic mass is 79.9. The van der Waals surface area contributed by atoms with Crippen LogP contribution >= 0.6 is 15.9 Å². The summed E-state index contributed by atoms with van der Waals surface area (Å²) in [5.74, 6) is 0.0700. The molecule has 2 N–H and O–H groups in total. The average molecular weight is 314 g/mol. The molecule has 0 radical (unpaired) electrons. The molecule has 0 aromatic heterocycles. The van der Waals surface area contributed by atoms with Gasteiger partial charge in [-0.25, -0.2) is 0 Å². The van der Waals surface area contributed by atoms with Gasteiger partial charge in [-0.2, -0.15) is 0 Å². The monoisotopic (exact) mass is 313 g/mol. The molecule has 1 aromatic rings. The summed E-state index contributed by atoms with van der Waals surface area (Å²) in [5, 5.41) is 0. The largest absolute Gasteiger partial charge is 0.318 e. The molecule has 0 heterocycles. The third kappa shape index (κ3) is 3.66. The Balaban J connectivity index is 0.000000659. The quantitative estimate of drug-likeness (QED) is 0.854. The fraction of sp³-hybridized carbons (Fsp3) is 0.533. The summed E-state index contributed by atoms with van der Waals surface area (Å²) >= 11 is 3.48. The summed E-state index contributed by atoms with van der Waals surface area (Å²) in [6.07, 6.45) is 1.32. The zero-order chi connectivity index (χ0) is 14.3. The van der Waals surface area contributed by atoms with Crippen molar-refractivity contribution in [2.24, 2.45) is 5.73 Å². The maximum Gasteiger partial charge on any atom is 0.150 e. The van der Waals surface area contributed by atoms with Crippen molar-refractivity contribution in [1.82, 2.24) is 0 Å². The van der Waals surface area contributed by atoms with Gasteiger partial charge in [0.2, 0.25) is 0 Å². The van der Waals surface area contributed by atoms with Gasteiger partial charge in [0.1, 0.15) is 5.78 Å². The summed E-state index contributed by atoms with van der Waals surface area (Å²) in [4.78, 5) is 11.4. The molecule has 0 saturated carbocycles. The predicted octanol–water partition coefficient (Wildman–Crippen LogP) is 3.89. The molecule has 1 aliphatic carbocycles. The molecule has 2 rings (SSSR count). The number of carbonyl (C=O) groups excluding carboxylic acids is 1. The standard InChI is InChI=1S/C11H12BrNO.2C2H6/c1-7(14)11(13)5-8-3-2-4-10(12)9(8)6-11;2*1-2/h2-4H,5-6,13H2,1H3;2*1-2H3. The first kappa shape index (κ1) is 17.3. The number of Topliss-reactive ketones (excluding diaryl/α,β-unsaturated/α-hetero) is 1. The maximum atomic E-state index is 11.4. The van der Waals surface area contributed by atoms with E-state index in [2.05, 4.69) is 15.9 Å². The van der Waals surface area contributed by atoms with Crippen LogP contribution in [0, 0.1) is 0 Å². The van der Waals surface area contributed by atoms with Crippen molar-refractivity contribution >= 4 is 21.7 Å². The molecule has 0 fully saturated rings. The Hall–Kier alpha value is -0.670. The van der Waals surface area contributed by atoms with E-state index in [1.807, 2.05) is 45.9 Å². The van der Waals surface area contributed by atoms with Gasteiger partial charge < -0.3 is 5.73 Å². The summed E-state index contributed by atoms with van der Waals surface area (Å²) in [6.45, 7) is 9.57. The first-order valence-corrected chi connectivity index (χ1v) is 7.38. The van der Waals surface area contributed by atoms with Gasteiger partial charge in [0, 0.05) is 4.47 Å². The minimum Gasteiger partial charge on any atom is -0.318 e. The van der Waals surface area contributed by atoms with Crippen LogP contribution in [0.1, 0.15) is 45.7 Å². The first-order chi connectivity index (χ1) is 8.53. The Bertz CT molecular complexity index is 403. The second kappa shape index (κ2) is 7.70. The van der Waals surface area contributed by atoms with E-state index in [1.54, 1.807) is 6.92 Å². The number of hydrogen-bond acceptors (Lipinski definition) is 2. The van der Waals surface area contributed by atoms with Gasteiger partial charge in [0.15, 0.2) is 0 Å². The third-order valence-corrected chi connectivity index (χ3v) is 3.66. The van der Waals surface area contributed by atoms with E-state index >= 15 is 0 Å². The van der Waals surface area contributed by atoms with Crippen LogP contribution < -0.4 is 5.73 Å². The van der Waals surface area contributed by atoms with Crippen molar-refractivity contribution in [1.29, 1.82) is 0 Å². The van der Waals surface area contributed by atoms with Crippen LogP contribution in [0.5, 0.6) is 0 Å². The highest BCUT2D eigenvalue weighted by Gasteiger charge is 2.38. The average Bonchev–Trinajstić information content (AvgIpc) is 2.74. The van der Waals surface area contributed by atoms with Crippen molar-refractivity contribution in [3.05, 3.63) is 33.8 Å². The number of halogens is 1. The zero-order valence-electron chi connectivity index (χ0n) is 12.0. The Morgan fingerprint density at radius 3 is 2.22 bits per heavy atom. The number of rotatable bonds is 1. The Morgan fingerprint density at radius 2 is 1.78 bits per heavy atom. The van der Waals surface area contributed by atoms with Gasteiger partial charge in [0.05, 0.1) is 5.54 Å². The van der Waals surface area contributed by atoms with Gasteiger partial charge in [0.25, 0.3) is 0 Å². The predicted molar refractivity (Wildman–Crippen MR) is 81.8 cm³/mol. The van der Waals surface area contributed by atoms with Gasteiger partial charge in [-0.1, -0.05) is 55.8 Å². The molecule has 1 unspecified atom stereocenters. The molecule has 0 bridgehead atoms. The fourth-order valence-electron chi connectivity index (χ4n) is 1.93. The van der Waals surface area contributed by atoms with Gasteiger partial charge in [-0.3, -0.25) is 4.79 Å². The normalized spacial score (nSPS) is 19.9. The van der Waals surface area contributed by atoms with E-state index < -0.39 is 5.54 Å². The number of fused-ring (bicyclic) bond motifs is 1. The van der Waals surface area contributed by atoms with Crippen LogP contribution in [0.3, 0.4) is 0 Å². The lowest BCUT2D eigenvalue weighted by atomic mass is 9.93. The minimum absolute atomic E-state index is 0.0700. The molecule has 2 nitrogen and oxygen atoms in total. The molecule has 1 aromatic carbocycles. The van der Waals surface area contributed by atoms with Gasteiger partial charge >= 0.3 is 0 Å². The van der Waals surface area contributed by atoms with E-state index in [0.29, 0.717) is 12.8 Å². The molecular formula is C15H24BrNO. The molecule has 1 aliphatic rings. The van der Waals surface area contributed by atoms with E-state index in [1.165, 1.54) is 11.1 Å². The maximum absolute atomic E-state index is 11.4. The van der Waals surface area contributed by atoms with Crippen molar-refractivity contribution in [3.8, 4) is 0 Å². The SMILES string of the molecule is CC.CC.CC(=O)C1(N)Cc2cccc(Br)c2C1. The van der Waals surface area contributed by atoms with Crippen LogP contribution in [0.15, 0.2) is 22.7 Å². The van der Waals surface area contributed by atoms with Crippen LogP contribution in [0.25, 0.3) is 0 Å². The summed E-state index contributed by atoms with van der Waals surface area (Å²) in [5.41, 5.74) is 7.75. The van der Waals surface area contributed by atoms with Crippen molar-refractivity contribution in [2.45, 2.75) is 53.0 Å². The molecule has 0 spiro atoms. The molecule has 102 valence electrons. The molecule has 1 atom stereocenters. The van der Waals surface area contributed by atoms with Crippen LogP contribution in [0.2, 0.25) is 0 Å². The summed E-state index contributed by atoms with van der Waals surface area (Å²) in [6, 6.07) is 6.01. The highest BCUT2D eigenvalue weighted by Crippen LogP contribution is 2.33. The van der Waals surface area contributed by atoms with Crippen LogP contribution in [-0.2, 0) is 17.6 Å².